The van der Waals surface area contributed by atoms with Crippen molar-refractivity contribution < 1.29 is 19.8 Å². The van der Waals surface area contributed by atoms with Gasteiger partial charge in [0.15, 0.2) is 6.04 Å². The summed E-state index contributed by atoms with van der Waals surface area (Å²) < 4.78 is 0. The molecule has 0 spiro atoms. The number of rotatable bonds is 5. The van der Waals surface area contributed by atoms with Gasteiger partial charge in [0.05, 0.1) is 5.41 Å². The molecule has 1 amide bonds. The number of allylic oxidation sites excluding steroid dienone is 2. The fraction of sp³-hybridized carbons (Fsp3) is 0.273. The lowest BCUT2D eigenvalue weighted by molar-refractivity contribution is -0.146. The lowest BCUT2D eigenvalue weighted by Gasteiger charge is -2.25. The number of aliphatic carboxylic acids is 1. The third-order valence-electron chi connectivity index (χ3n) is 5.06. The number of carbonyl (C=O) groups is 2. The maximum Gasteiger partial charge on any atom is 0.310 e. The van der Waals surface area contributed by atoms with Crippen LogP contribution < -0.4 is 10.6 Å². The second kappa shape index (κ2) is 7.38. The Hall–Kier alpha value is -3.28. The summed E-state index contributed by atoms with van der Waals surface area (Å²) in [5.41, 5.74) is 1.73. The normalized spacial score (nSPS) is 16.8. The Kier molecular flexibility index (Phi) is 5.14. The first-order valence-electron chi connectivity index (χ1n) is 9.07. The van der Waals surface area contributed by atoms with Crippen LogP contribution in [0.25, 0.3) is 16.3 Å². The second-order valence-corrected chi connectivity index (χ2v) is 7.63. The largest absolute Gasteiger partial charge is 0.510 e. The van der Waals surface area contributed by atoms with E-state index in [1.165, 1.54) is 13.8 Å². The van der Waals surface area contributed by atoms with E-state index in [1.54, 1.807) is 12.3 Å². The van der Waals surface area contributed by atoms with Crippen LogP contribution in [0.2, 0.25) is 0 Å². The average molecular weight is 380 g/mol. The van der Waals surface area contributed by atoms with Crippen molar-refractivity contribution in [2.75, 3.05) is 6.54 Å². The summed E-state index contributed by atoms with van der Waals surface area (Å²) in [6, 6.07) is 11.1. The molecular weight excluding hydrogens is 356 g/mol. The third kappa shape index (κ3) is 3.71. The van der Waals surface area contributed by atoms with Crippen molar-refractivity contribution in [2.45, 2.75) is 26.8 Å². The molecule has 0 aromatic heterocycles. The smallest absolute Gasteiger partial charge is 0.310 e. The van der Waals surface area contributed by atoms with E-state index in [2.05, 4.69) is 16.7 Å². The second-order valence-electron chi connectivity index (χ2n) is 7.63. The molecule has 0 saturated carbocycles. The van der Waals surface area contributed by atoms with E-state index in [4.69, 9.17) is 5.11 Å². The molecule has 2 aromatic rings. The van der Waals surface area contributed by atoms with Gasteiger partial charge in [-0.1, -0.05) is 36.4 Å². The van der Waals surface area contributed by atoms with Crippen molar-refractivity contribution in [3.63, 3.8) is 0 Å². The van der Waals surface area contributed by atoms with Gasteiger partial charge >= 0.3 is 5.97 Å². The van der Waals surface area contributed by atoms with Crippen molar-refractivity contribution in [1.29, 1.82) is 0 Å². The molecule has 1 aliphatic rings. The molecule has 1 aliphatic heterocycles. The number of aryl methyl sites for hydroxylation is 1. The van der Waals surface area contributed by atoms with Gasteiger partial charge in [-0.15, -0.1) is 0 Å². The Morgan fingerprint density at radius 3 is 2.57 bits per heavy atom. The van der Waals surface area contributed by atoms with Gasteiger partial charge in [-0.2, -0.15) is 0 Å². The van der Waals surface area contributed by atoms with Crippen LogP contribution in [0, 0.1) is 12.3 Å². The van der Waals surface area contributed by atoms with Crippen molar-refractivity contribution >= 4 is 28.2 Å². The van der Waals surface area contributed by atoms with E-state index in [1.807, 2.05) is 37.3 Å². The lowest BCUT2D eigenvalue weighted by atomic mass is 9.92. The van der Waals surface area contributed by atoms with Crippen molar-refractivity contribution in [2.24, 2.45) is 5.41 Å². The summed E-state index contributed by atoms with van der Waals surface area (Å²) >= 11 is 0. The highest BCUT2D eigenvalue weighted by Gasteiger charge is 2.31. The monoisotopic (exact) mass is 380 g/mol. The number of nitrogens with one attached hydrogen (secondary N) is 2. The number of hydrogen-bond acceptors (Lipinski definition) is 4. The number of amides is 1. The number of fused-ring (bicyclic) bond motifs is 1. The van der Waals surface area contributed by atoms with Gasteiger partial charge in [0.2, 0.25) is 5.91 Å². The van der Waals surface area contributed by atoms with Crippen LogP contribution >= 0.6 is 0 Å². The zero-order chi connectivity index (χ0) is 20.5. The number of hydrogen-bond donors (Lipinski definition) is 4. The number of aliphatic hydroxyl groups excluding tert-OH is 1. The summed E-state index contributed by atoms with van der Waals surface area (Å²) in [7, 11) is 0. The molecule has 0 radical (unpaired) electrons. The van der Waals surface area contributed by atoms with E-state index >= 15 is 0 Å². The first-order chi connectivity index (χ1) is 13.2. The first kappa shape index (κ1) is 19.5. The van der Waals surface area contributed by atoms with Gasteiger partial charge < -0.3 is 20.8 Å². The van der Waals surface area contributed by atoms with Gasteiger partial charge in [-0.25, -0.2) is 0 Å². The van der Waals surface area contributed by atoms with Gasteiger partial charge in [-0.3, -0.25) is 9.59 Å². The maximum atomic E-state index is 12.4. The first-order valence-corrected chi connectivity index (χ1v) is 9.07. The van der Waals surface area contributed by atoms with Gasteiger partial charge in [0.25, 0.3) is 0 Å². The van der Waals surface area contributed by atoms with Crippen molar-refractivity contribution in [3.8, 4) is 0 Å². The Morgan fingerprint density at radius 1 is 1.18 bits per heavy atom. The van der Waals surface area contributed by atoms with Gasteiger partial charge in [-0.05, 0) is 48.7 Å². The molecule has 4 N–H and O–H groups in total. The predicted molar refractivity (Wildman–Crippen MR) is 109 cm³/mol. The summed E-state index contributed by atoms with van der Waals surface area (Å²) in [5, 5.41) is 27.3. The van der Waals surface area contributed by atoms with Gasteiger partial charge in [0, 0.05) is 18.3 Å². The quantitative estimate of drug-likeness (QED) is 0.639. The Morgan fingerprint density at radius 2 is 1.89 bits per heavy atom. The molecule has 1 heterocycles. The van der Waals surface area contributed by atoms with E-state index < -0.39 is 23.3 Å². The van der Waals surface area contributed by atoms with Crippen molar-refractivity contribution in [1.82, 2.24) is 10.6 Å². The molecule has 0 fully saturated rings. The lowest BCUT2D eigenvalue weighted by Crippen LogP contribution is -2.48. The molecular formula is C22H24N2O4. The molecule has 3 rings (SSSR count). The van der Waals surface area contributed by atoms with Crippen LogP contribution in [0.15, 0.2) is 54.4 Å². The number of carbonyl (C=O) groups excluding carboxylic acids is 1. The van der Waals surface area contributed by atoms with Crippen LogP contribution in [0.3, 0.4) is 0 Å². The zero-order valence-electron chi connectivity index (χ0n) is 16.1. The third-order valence-corrected chi connectivity index (χ3v) is 5.06. The summed E-state index contributed by atoms with van der Waals surface area (Å²) in [6.45, 7) is 5.05. The standard InChI is InChI=1S/C22H24N2O4/c1-13-16-7-5-4-6-14(16)8-9-17(13)15-10-18(25)19(23-11-15)20(26)24-12-22(2,3)21(27)28/h4-11,19,23,25H,12H2,1-3H3,(H,24,26)(H,27,28). The van der Waals surface area contributed by atoms with Crippen molar-refractivity contribution in [3.05, 3.63) is 65.6 Å². The van der Waals surface area contributed by atoms with Crippen LogP contribution in [-0.4, -0.2) is 34.7 Å². The van der Waals surface area contributed by atoms with E-state index in [9.17, 15) is 14.7 Å². The van der Waals surface area contributed by atoms with E-state index in [0.717, 1.165) is 27.5 Å². The molecule has 1 atom stereocenters. The Labute approximate surface area is 163 Å². The minimum Gasteiger partial charge on any atom is -0.510 e. The predicted octanol–water partition coefficient (Wildman–Crippen LogP) is 3.13. The number of carboxylic acid groups (broad SMARTS) is 1. The topological polar surface area (TPSA) is 98.7 Å². The minimum atomic E-state index is -1.09. The summed E-state index contributed by atoms with van der Waals surface area (Å²) in [4.78, 5) is 23.5. The highest BCUT2D eigenvalue weighted by molar-refractivity contribution is 5.93. The SMILES string of the molecule is Cc1c(C2=CNC(C(=O)NCC(C)(C)C(=O)O)C(O)=C2)ccc2ccccc12. The van der Waals surface area contributed by atoms with Crippen LogP contribution in [0.5, 0.6) is 0 Å². The summed E-state index contributed by atoms with van der Waals surface area (Å²) in [5.74, 6) is -1.59. The average Bonchev–Trinajstić information content (AvgIpc) is 2.66. The maximum absolute atomic E-state index is 12.4. The van der Waals surface area contributed by atoms with Gasteiger partial charge in [0.1, 0.15) is 5.76 Å². The van der Waals surface area contributed by atoms with E-state index in [0.29, 0.717) is 0 Å². The molecule has 0 saturated heterocycles. The number of carboxylic acids is 1. The molecule has 1 unspecified atom stereocenters. The Bertz CT molecular complexity index is 1000. The van der Waals surface area contributed by atoms with Crippen LogP contribution in [-0.2, 0) is 9.59 Å². The van der Waals surface area contributed by atoms with Crippen LogP contribution in [0.4, 0.5) is 0 Å². The zero-order valence-corrected chi connectivity index (χ0v) is 16.1. The molecule has 146 valence electrons. The molecule has 2 aromatic carbocycles. The highest BCUT2D eigenvalue weighted by atomic mass is 16.4. The molecule has 6 nitrogen and oxygen atoms in total. The highest BCUT2D eigenvalue weighted by Crippen LogP contribution is 2.29. The number of aliphatic hydroxyl groups is 1. The fourth-order valence-electron chi connectivity index (χ4n) is 3.13. The molecule has 0 bridgehead atoms. The Balaban J connectivity index is 1.77. The van der Waals surface area contributed by atoms with Crippen LogP contribution in [0.1, 0.15) is 25.0 Å². The fourth-order valence-corrected chi connectivity index (χ4v) is 3.13. The number of benzene rings is 2. The number of dihydropyridines is 1. The molecule has 0 aliphatic carbocycles. The molecule has 28 heavy (non-hydrogen) atoms. The molecule has 6 heteroatoms. The minimum absolute atomic E-state index is 0.0347. The van der Waals surface area contributed by atoms with E-state index in [-0.39, 0.29) is 12.3 Å². The summed E-state index contributed by atoms with van der Waals surface area (Å²) in [6.07, 6.45) is 3.27.